The Labute approximate surface area is 197 Å². The summed E-state index contributed by atoms with van der Waals surface area (Å²) in [6.45, 7) is 3.39. The van der Waals surface area contributed by atoms with Gasteiger partial charge in [-0.1, -0.05) is 31.2 Å². The minimum atomic E-state index is -0.830. The van der Waals surface area contributed by atoms with Gasteiger partial charge >= 0.3 is 0 Å². The third-order valence-corrected chi connectivity index (χ3v) is 5.68. The topological polar surface area (TPSA) is 84.7 Å². The summed E-state index contributed by atoms with van der Waals surface area (Å²) in [5.74, 6) is -1.62. The number of aliphatic hydroxyl groups is 1. The number of benzene rings is 2. The molecular formula is C26H26FN3O4. The molecule has 1 atom stereocenters. The summed E-state index contributed by atoms with van der Waals surface area (Å²) in [5, 5.41) is 11.2. The average Bonchev–Trinajstić information content (AvgIpc) is 3.45. The number of nitrogens with zero attached hydrogens (tertiary/aromatic N) is 3. The Kier molecular flexibility index (Phi) is 7.06. The van der Waals surface area contributed by atoms with Gasteiger partial charge in [-0.2, -0.15) is 0 Å². The average molecular weight is 464 g/mol. The minimum absolute atomic E-state index is 0.0214. The number of halogens is 1. The number of carbonyl (C=O) groups excluding carboxylic acids is 2. The molecule has 3 aromatic rings. The minimum Gasteiger partial charge on any atom is -0.507 e. The molecule has 1 saturated heterocycles. The van der Waals surface area contributed by atoms with Crippen molar-refractivity contribution in [1.82, 2.24) is 14.5 Å². The van der Waals surface area contributed by atoms with Crippen LogP contribution in [0, 0.1) is 5.82 Å². The van der Waals surface area contributed by atoms with Gasteiger partial charge in [-0.05, 0) is 42.7 Å². The van der Waals surface area contributed by atoms with Crippen molar-refractivity contribution >= 4 is 17.4 Å². The van der Waals surface area contributed by atoms with Crippen molar-refractivity contribution in [2.75, 3.05) is 13.2 Å². The number of carbonyl (C=O) groups is 2. The molecule has 2 aromatic carbocycles. The first kappa shape index (κ1) is 23.2. The predicted molar refractivity (Wildman–Crippen MR) is 124 cm³/mol. The number of aromatic nitrogens is 2. The highest BCUT2D eigenvalue weighted by atomic mass is 19.1. The summed E-state index contributed by atoms with van der Waals surface area (Å²) in [4.78, 5) is 31.6. The monoisotopic (exact) mass is 463 g/mol. The molecule has 0 aliphatic carbocycles. The lowest BCUT2D eigenvalue weighted by molar-refractivity contribution is -0.139. The van der Waals surface area contributed by atoms with Crippen molar-refractivity contribution < 1.29 is 23.8 Å². The lowest BCUT2D eigenvalue weighted by Crippen LogP contribution is -2.31. The molecule has 1 aromatic heterocycles. The maximum atomic E-state index is 13.6. The molecule has 7 nitrogen and oxygen atoms in total. The molecule has 1 aliphatic rings. The van der Waals surface area contributed by atoms with E-state index in [0.29, 0.717) is 36.4 Å². The molecule has 1 unspecified atom stereocenters. The molecule has 2 heterocycles. The number of Topliss-reactive ketones (excluding diaryl/α,β-unsaturated/α-hetero) is 1. The zero-order chi connectivity index (χ0) is 24.1. The van der Waals surface area contributed by atoms with Gasteiger partial charge in [0.25, 0.3) is 11.7 Å². The summed E-state index contributed by atoms with van der Waals surface area (Å²) in [5.41, 5.74) is 0.896. The first-order valence-electron chi connectivity index (χ1n) is 11.2. The van der Waals surface area contributed by atoms with Gasteiger partial charge in [-0.3, -0.25) is 9.59 Å². The number of hydrogen-bond donors (Lipinski definition) is 1. The van der Waals surface area contributed by atoms with Gasteiger partial charge < -0.3 is 19.3 Å². The van der Waals surface area contributed by atoms with E-state index in [1.165, 1.54) is 29.2 Å². The second-order valence-electron chi connectivity index (χ2n) is 8.07. The van der Waals surface area contributed by atoms with E-state index in [1.807, 2.05) is 17.7 Å². The van der Waals surface area contributed by atoms with Crippen LogP contribution < -0.4 is 4.74 Å². The number of aliphatic hydroxyl groups excluding tert-OH is 1. The zero-order valence-corrected chi connectivity index (χ0v) is 18.9. The lowest BCUT2D eigenvalue weighted by Gasteiger charge is -2.25. The summed E-state index contributed by atoms with van der Waals surface area (Å²) in [6, 6.07) is 11.6. The zero-order valence-electron chi connectivity index (χ0n) is 18.9. The quantitative estimate of drug-likeness (QED) is 0.290. The maximum Gasteiger partial charge on any atom is 0.295 e. The number of rotatable bonds is 9. The van der Waals surface area contributed by atoms with Gasteiger partial charge in [0.05, 0.1) is 24.5 Å². The highest BCUT2D eigenvalue weighted by molar-refractivity contribution is 6.46. The Balaban J connectivity index is 1.71. The van der Waals surface area contributed by atoms with Crippen molar-refractivity contribution in [3.63, 3.8) is 0 Å². The molecule has 34 heavy (non-hydrogen) atoms. The van der Waals surface area contributed by atoms with Crippen molar-refractivity contribution in [3.05, 3.63) is 89.8 Å². The molecule has 0 bridgehead atoms. The molecule has 176 valence electrons. The number of ether oxygens (including phenoxy) is 1. The number of aryl methyl sites for hydroxylation is 1. The third-order valence-electron chi connectivity index (χ3n) is 5.68. The summed E-state index contributed by atoms with van der Waals surface area (Å²) in [6.07, 6.45) is 6.56. The van der Waals surface area contributed by atoms with Crippen molar-refractivity contribution in [2.24, 2.45) is 0 Å². The third kappa shape index (κ3) is 4.85. The van der Waals surface area contributed by atoms with Crippen LogP contribution in [0.2, 0.25) is 0 Å². The maximum absolute atomic E-state index is 13.6. The molecule has 0 spiro atoms. The number of likely N-dealkylation sites (tertiary alicyclic amines) is 1. The van der Waals surface area contributed by atoms with Gasteiger partial charge in [0.1, 0.15) is 17.3 Å². The molecule has 8 heteroatoms. The normalized spacial score (nSPS) is 17.4. The fraction of sp³-hybridized carbons (Fsp3) is 0.269. The smallest absolute Gasteiger partial charge is 0.295 e. The Bertz CT molecular complexity index is 1190. The van der Waals surface area contributed by atoms with E-state index in [-0.39, 0.29) is 17.9 Å². The SMILES string of the molecule is CCCOc1cccc(C(O)=C2C(=O)C(=O)N(CCCn3ccnc3)C2c2ccc(F)cc2)c1. The highest BCUT2D eigenvalue weighted by Gasteiger charge is 2.45. The number of imidazole rings is 1. The van der Waals surface area contributed by atoms with Crippen LogP contribution >= 0.6 is 0 Å². The predicted octanol–water partition coefficient (Wildman–Crippen LogP) is 4.32. The Morgan fingerprint density at radius 2 is 1.94 bits per heavy atom. The standard InChI is InChI=1S/C26H26FN3O4/c1-2-15-34-21-6-3-5-19(16-21)24(31)22-23(18-7-9-20(27)10-8-18)30(26(33)25(22)32)13-4-12-29-14-11-28-17-29/h3,5-11,14,16-17,23,31H,2,4,12-13,15H2,1H3. The van der Waals surface area contributed by atoms with Gasteiger partial charge in [0.15, 0.2) is 0 Å². The van der Waals surface area contributed by atoms with Crippen LogP contribution in [-0.2, 0) is 16.1 Å². The van der Waals surface area contributed by atoms with Crippen LogP contribution in [0.4, 0.5) is 4.39 Å². The van der Waals surface area contributed by atoms with E-state index >= 15 is 0 Å². The van der Waals surface area contributed by atoms with E-state index in [2.05, 4.69) is 4.98 Å². The molecule has 1 fully saturated rings. The van der Waals surface area contributed by atoms with Crippen LogP contribution in [0.25, 0.3) is 5.76 Å². The van der Waals surface area contributed by atoms with Crippen molar-refractivity contribution in [3.8, 4) is 5.75 Å². The Morgan fingerprint density at radius 3 is 2.65 bits per heavy atom. The van der Waals surface area contributed by atoms with E-state index in [0.717, 1.165) is 6.42 Å². The van der Waals surface area contributed by atoms with Crippen LogP contribution in [0.5, 0.6) is 5.75 Å². The van der Waals surface area contributed by atoms with E-state index in [1.54, 1.807) is 36.8 Å². The summed E-state index contributed by atoms with van der Waals surface area (Å²) >= 11 is 0. The lowest BCUT2D eigenvalue weighted by atomic mass is 9.95. The second-order valence-corrected chi connectivity index (χ2v) is 8.07. The fourth-order valence-electron chi connectivity index (χ4n) is 4.05. The van der Waals surface area contributed by atoms with Crippen LogP contribution in [-0.4, -0.2) is 44.4 Å². The molecular weight excluding hydrogens is 437 g/mol. The second kappa shape index (κ2) is 10.3. The summed E-state index contributed by atoms with van der Waals surface area (Å²) < 4.78 is 21.1. The fourth-order valence-corrected chi connectivity index (χ4v) is 4.05. The summed E-state index contributed by atoms with van der Waals surface area (Å²) in [7, 11) is 0. The Morgan fingerprint density at radius 1 is 1.15 bits per heavy atom. The van der Waals surface area contributed by atoms with Gasteiger partial charge in [0.2, 0.25) is 0 Å². The number of ketones is 1. The number of hydrogen-bond acceptors (Lipinski definition) is 5. The largest absolute Gasteiger partial charge is 0.507 e. The van der Waals surface area contributed by atoms with Crippen LogP contribution in [0.3, 0.4) is 0 Å². The van der Waals surface area contributed by atoms with Crippen molar-refractivity contribution in [1.29, 1.82) is 0 Å². The molecule has 1 aliphatic heterocycles. The van der Waals surface area contributed by atoms with E-state index < -0.39 is 23.5 Å². The molecule has 0 radical (unpaired) electrons. The van der Waals surface area contributed by atoms with E-state index in [4.69, 9.17) is 4.74 Å². The Hall–Kier alpha value is -3.94. The first-order chi connectivity index (χ1) is 16.5. The van der Waals surface area contributed by atoms with Crippen LogP contribution in [0.15, 0.2) is 72.8 Å². The van der Waals surface area contributed by atoms with Gasteiger partial charge in [-0.15, -0.1) is 0 Å². The van der Waals surface area contributed by atoms with Crippen LogP contribution in [0.1, 0.15) is 36.9 Å². The highest BCUT2D eigenvalue weighted by Crippen LogP contribution is 2.39. The van der Waals surface area contributed by atoms with E-state index in [9.17, 15) is 19.1 Å². The molecule has 1 N–H and O–H groups in total. The molecule has 0 saturated carbocycles. The van der Waals surface area contributed by atoms with Crippen molar-refractivity contribution in [2.45, 2.75) is 32.4 Å². The molecule has 4 rings (SSSR count). The molecule has 1 amide bonds. The van der Waals surface area contributed by atoms with Gasteiger partial charge in [0, 0.05) is 31.0 Å². The van der Waals surface area contributed by atoms with Gasteiger partial charge in [-0.25, -0.2) is 9.37 Å². The first-order valence-corrected chi connectivity index (χ1v) is 11.2. The number of amides is 1.